The lowest BCUT2D eigenvalue weighted by atomic mass is 10.1. The lowest BCUT2D eigenvalue weighted by Gasteiger charge is -2.17. The van der Waals surface area contributed by atoms with Crippen molar-refractivity contribution >= 4 is 11.9 Å². The molecule has 5 heteroatoms. The van der Waals surface area contributed by atoms with Crippen LogP contribution in [-0.2, 0) is 24.1 Å². The summed E-state index contributed by atoms with van der Waals surface area (Å²) in [5.41, 5.74) is 3.90. The number of imide groups is 1. The molecule has 3 amide bonds. The Morgan fingerprint density at radius 3 is 1.73 bits per heavy atom. The summed E-state index contributed by atoms with van der Waals surface area (Å²) in [5, 5.41) is 0. The SMILES string of the molecule is O=C1/C(=C/Cc2cccc(Oc3ccccc3)c2)N(CCCc2ccccc2)C(=O)N1CCCc1ccccc1. The van der Waals surface area contributed by atoms with Crippen molar-refractivity contribution in [1.29, 1.82) is 0 Å². The van der Waals surface area contributed by atoms with E-state index >= 15 is 0 Å². The Morgan fingerprint density at radius 2 is 1.10 bits per heavy atom. The van der Waals surface area contributed by atoms with Gasteiger partial charge >= 0.3 is 6.03 Å². The Bertz CT molecular complexity index is 1440. The Morgan fingerprint density at radius 1 is 0.575 bits per heavy atom. The lowest BCUT2D eigenvalue weighted by Crippen LogP contribution is -2.34. The van der Waals surface area contributed by atoms with Crippen molar-refractivity contribution in [2.24, 2.45) is 0 Å². The van der Waals surface area contributed by atoms with Crippen LogP contribution < -0.4 is 4.74 Å². The van der Waals surface area contributed by atoms with Crippen LogP contribution in [0.2, 0.25) is 0 Å². The summed E-state index contributed by atoms with van der Waals surface area (Å²) in [6.07, 6.45) is 5.58. The number of ether oxygens (including phenoxy) is 1. The monoisotopic (exact) mass is 530 g/mol. The van der Waals surface area contributed by atoms with E-state index in [0.717, 1.165) is 42.7 Å². The highest BCUT2D eigenvalue weighted by Gasteiger charge is 2.39. The van der Waals surface area contributed by atoms with Gasteiger partial charge in [-0.15, -0.1) is 0 Å². The number of rotatable bonds is 12. The fourth-order valence-electron chi connectivity index (χ4n) is 4.95. The standard InChI is InChI=1S/C35H34N2O3/c38-34-33(24-23-30-17-10-22-32(27-30)40-31-20-8-3-9-21-31)36(25-11-18-28-13-4-1-5-14-28)35(39)37(34)26-12-19-29-15-6-2-7-16-29/h1-10,13-17,20-22,24,27H,11-12,18-19,23,25-26H2/b33-24-. The van der Waals surface area contributed by atoms with E-state index in [1.165, 1.54) is 16.0 Å². The molecule has 0 atom stereocenters. The number of benzene rings is 4. The molecule has 0 aromatic heterocycles. The van der Waals surface area contributed by atoms with Gasteiger partial charge in [0.25, 0.3) is 5.91 Å². The van der Waals surface area contributed by atoms with Crippen LogP contribution in [0, 0.1) is 0 Å². The molecule has 0 unspecified atom stereocenters. The van der Waals surface area contributed by atoms with Gasteiger partial charge in [0, 0.05) is 13.1 Å². The van der Waals surface area contributed by atoms with Crippen molar-refractivity contribution < 1.29 is 14.3 Å². The van der Waals surface area contributed by atoms with Crippen molar-refractivity contribution in [1.82, 2.24) is 9.80 Å². The minimum absolute atomic E-state index is 0.213. The first-order valence-corrected chi connectivity index (χ1v) is 13.9. The average Bonchev–Trinajstić information content (AvgIpc) is 3.21. The molecular formula is C35H34N2O3. The van der Waals surface area contributed by atoms with E-state index in [1.807, 2.05) is 97.1 Å². The van der Waals surface area contributed by atoms with Crippen LogP contribution in [0.25, 0.3) is 0 Å². The van der Waals surface area contributed by atoms with Crippen molar-refractivity contribution in [3.8, 4) is 11.5 Å². The van der Waals surface area contributed by atoms with Gasteiger partial charge in [-0.2, -0.15) is 0 Å². The van der Waals surface area contributed by atoms with Gasteiger partial charge in [0.15, 0.2) is 0 Å². The number of hydrogen-bond acceptors (Lipinski definition) is 3. The number of carbonyl (C=O) groups excluding carboxylic acids is 2. The molecule has 0 N–H and O–H groups in total. The molecule has 1 aliphatic rings. The maximum atomic E-state index is 13.5. The minimum atomic E-state index is -0.224. The maximum Gasteiger partial charge on any atom is 0.331 e. The van der Waals surface area contributed by atoms with Gasteiger partial charge in [-0.05, 0) is 73.1 Å². The van der Waals surface area contributed by atoms with Gasteiger partial charge in [-0.1, -0.05) is 97.1 Å². The van der Waals surface area contributed by atoms with E-state index in [9.17, 15) is 9.59 Å². The van der Waals surface area contributed by atoms with Gasteiger partial charge < -0.3 is 4.74 Å². The lowest BCUT2D eigenvalue weighted by molar-refractivity contribution is -0.123. The molecule has 0 saturated carbocycles. The molecule has 4 aromatic rings. The van der Waals surface area contributed by atoms with Crippen LogP contribution in [0.5, 0.6) is 11.5 Å². The van der Waals surface area contributed by atoms with Crippen LogP contribution in [-0.4, -0.2) is 34.8 Å². The molecule has 1 fully saturated rings. The van der Waals surface area contributed by atoms with E-state index in [-0.39, 0.29) is 11.9 Å². The average molecular weight is 531 g/mol. The van der Waals surface area contributed by atoms with E-state index in [1.54, 1.807) is 4.90 Å². The summed E-state index contributed by atoms with van der Waals surface area (Å²) in [7, 11) is 0. The van der Waals surface area contributed by atoms with E-state index in [4.69, 9.17) is 4.74 Å². The predicted octanol–water partition coefficient (Wildman–Crippen LogP) is 7.44. The summed E-state index contributed by atoms with van der Waals surface area (Å²) >= 11 is 0. The second-order valence-electron chi connectivity index (χ2n) is 9.93. The van der Waals surface area contributed by atoms with Crippen LogP contribution >= 0.6 is 0 Å². The molecule has 5 nitrogen and oxygen atoms in total. The van der Waals surface area contributed by atoms with Crippen molar-refractivity contribution in [2.45, 2.75) is 32.1 Å². The molecule has 0 bridgehead atoms. The third kappa shape index (κ3) is 7.06. The third-order valence-electron chi connectivity index (χ3n) is 7.01. The first kappa shape index (κ1) is 26.9. The predicted molar refractivity (Wildman–Crippen MR) is 158 cm³/mol. The molecule has 40 heavy (non-hydrogen) atoms. The molecule has 202 valence electrons. The summed E-state index contributed by atoms with van der Waals surface area (Å²) < 4.78 is 5.98. The number of para-hydroxylation sites is 1. The first-order chi connectivity index (χ1) is 19.7. The Balaban J connectivity index is 1.29. The number of allylic oxidation sites excluding steroid dienone is 1. The molecule has 1 aliphatic heterocycles. The highest BCUT2D eigenvalue weighted by Crippen LogP contribution is 2.25. The first-order valence-electron chi connectivity index (χ1n) is 13.9. The van der Waals surface area contributed by atoms with Gasteiger partial charge in [0.05, 0.1) is 0 Å². The summed E-state index contributed by atoms with van der Waals surface area (Å²) in [5.74, 6) is 1.29. The largest absolute Gasteiger partial charge is 0.457 e. The number of aryl methyl sites for hydroxylation is 2. The van der Waals surface area contributed by atoms with E-state index in [2.05, 4.69) is 24.3 Å². The number of urea groups is 1. The van der Waals surface area contributed by atoms with Gasteiger partial charge in [-0.3, -0.25) is 14.6 Å². The fraction of sp³-hybridized carbons (Fsp3) is 0.200. The van der Waals surface area contributed by atoms with Gasteiger partial charge in [-0.25, -0.2) is 4.79 Å². The Labute approximate surface area is 236 Å². The van der Waals surface area contributed by atoms with Crippen LogP contribution in [0.1, 0.15) is 29.5 Å². The highest BCUT2D eigenvalue weighted by molar-refractivity contribution is 6.11. The zero-order valence-corrected chi connectivity index (χ0v) is 22.6. The topological polar surface area (TPSA) is 49.9 Å². The van der Waals surface area contributed by atoms with Crippen LogP contribution in [0.4, 0.5) is 4.79 Å². The quantitative estimate of drug-likeness (QED) is 0.141. The molecule has 1 saturated heterocycles. The summed E-state index contributed by atoms with van der Waals surface area (Å²) in [6, 6.07) is 37.7. The smallest absolute Gasteiger partial charge is 0.331 e. The second-order valence-corrected chi connectivity index (χ2v) is 9.93. The molecule has 0 radical (unpaired) electrons. The minimum Gasteiger partial charge on any atom is -0.457 e. The molecule has 1 heterocycles. The molecule has 0 aliphatic carbocycles. The summed E-state index contributed by atoms with van der Waals surface area (Å²) in [4.78, 5) is 30.0. The Kier molecular flexibility index (Phi) is 9.05. The number of hydrogen-bond donors (Lipinski definition) is 0. The van der Waals surface area contributed by atoms with Crippen LogP contribution in [0.15, 0.2) is 127 Å². The van der Waals surface area contributed by atoms with Crippen LogP contribution in [0.3, 0.4) is 0 Å². The Hall–Kier alpha value is -4.64. The van der Waals surface area contributed by atoms with Crippen molar-refractivity contribution in [2.75, 3.05) is 13.1 Å². The highest BCUT2D eigenvalue weighted by atomic mass is 16.5. The van der Waals surface area contributed by atoms with Gasteiger partial charge in [0.2, 0.25) is 0 Å². The van der Waals surface area contributed by atoms with E-state index < -0.39 is 0 Å². The zero-order valence-electron chi connectivity index (χ0n) is 22.6. The van der Waals surface area contributed by atoms with Crippen molar-refractivity contribution in [3.63, 3.8) is 0 Å². The normalized spacial score (nSPS) is 14.2. The fourth-order valence-corrected chi connectivity index (χ4v) is 4.95. The second kappa shape index (κ2) is 13.4. The molecule has 5 rings (SSSR count). The van der Waals surface area contributed by atoms with Gasteiger partial charge in [0.1, 0.15) is 17.2 Å². The van der Waals surface area contributed by atoms with Crippen molar-refractivity contribution in [3.05, 3.63) is 144 Å². The maximum absolute atomic E-state index is 13.5. The third-order valence-corrected chi connectivity index (χ3v) is 7.01. The number of carbonyl (C=O) groups is 2. The number of nitrogens with zero attached hydrogens (tertiary/aromatic N) is 2. The van der Waals surface area contributed by atoms with E-state index in [0.29, 0.717) is 25.2 Å². The number of amides is 3. The summed E-state index contributed by atoms with van der Waals surface area (Å²) in [6.45, 7) is 0.900. The molecular weight excluding hydrogens is 496 g/mol. The molecule has 4 aromatic carbocycles. The zero-order chi connectivity index (χ0) is 27.6. The molecule has 0 spiro atoms.